The molecule has 2 aromatic heterocycles. The van der Waals surface area contributed by atoms with Gasteiger partial charge in [-0.05, 0) is 43.7 Å². The summed E-state index contributed by atoms with van der Waals surface area (Å²) < 4.78 is 1.71. The Hall–Kier alpha value is -3.48. The van der Waals surface area contributed by atoms with Crippen LogP contribution in [0.1, 0.15) is 24.1 Å². The number of amides is 1. The fourth-order valence-electron chi connectivity index (χ4n) is 3.07. The number of nitrogens with one attached hydrogen (secondary N) is 2. The van der Waals surface area contributed by atoms with Gasteiger partial charge in [-0.1, -0.05) is 17.7 Å². The molecule has 3 aromatic rings. The summed E-state index contributed by atoms with van der Waals surface area (Å²) in [7, 11) is 0. The molecule has 1 aromatic carbocycles. The third kappa shape index (κ3) is 2.83. The van der Waals surface area contributed by atoms with Crippen LogP contribution < -0.4 is 10.6 Å². The summed E-state index contributed by atoms with van der Waals surface area (Å²) in [6.07, 6.45) is 4.89. The summed E-state index contributed by atoms with van der Waals surface area (Å²) in [6.45, 7) is 3.88. The lowest BCUT2D eigenvalue weighted by Crippen LogP contribution is -2.31. The van der Waals surface area contributed by atoms with Crippen LogP contribution >= 0.6 is 0 Å². The fraction of sp³-hybridized carbons (Fsp3) is 0.158. The van der Waals surface area contributed by atoms with Crippen molar-refractivity contribution in [1.29, 1.82) is 0 Å². The number of nitrogens with zero attached hydrogens (tertiary/aromatic N) is 4. The van der Waals surface area contributed by atoms with Crippen LogP contribution in [0.3, 0.4) is 0 Å². The van der Waals surface area contributed by atoms with E-state index in [1.165, 1.54) is 6.33 Å². The van der Waals surface area contributed by atoms with Gasteiger partial charge < -0.3 is 10.6 Å². The van der Waals surface area contributed by atoms with Crippen molar-refractivity contribution in [3.63, 3.8) is 0 Å². The van der Waals surface area contributed by atoms with Gasteiger partial charge in [-0.15, -0.1) is 0 Å². The Morgan fingerprint density at radius 2 is 1.85 bits per heavy atom. The number of carbonyl (C=O) groups excluding carboxylic acids is 1. The minimum Gasteiger partial charge on any atom is -0.328 e. The minimum absolute atomic E-state index is 0.179. The first kappa shape index (κ1) is 16.0. The summed E-state index contributed by atoms with van der Waals surface area (Å²) in [5, 5.41) is 10.4. The van der Waals surface area contributed by atoms with Crippen molar-refractivity contribution in [1.82, 2.24) is 19.7 Å². The molecule has 0 saturated carbocycles. The number of anilines is 2. The van der Waals surface area contributed by atoms with Crippen molar-refractivity contribution < 1.29 is 4.79 Å². The molecule has 4 rings (SSSR count). The quantitative estimate of drug-likeness (QED) is 0.762. The molecule has 1 aliphatic heterocycles. The zero-order valence-corrected chi connectivity index (χ0v) is 14.5. The van der Waals surface area contributed by atoms with Gasteiger partial charge in [0.2, 0.25) is 5.95 Å². The predicted octanol–water partition coefficient (Wildman–Crippen LogP) is 2.91. The number of benzene rings is 1. The monoisotopic (exact) mass is 346 g/mol. The highest BCUT2D eigenvalue weighted by Gasteiger charge is 2.33. The highest BCUT2D eigenvalue weighted by Crippen LogP contribution is 2.34. The van der Waals surface area contributed by atoms with E-state index in [0.717, 1.165) is 22.5 Å². The lowest BCUT2D eigenvalue weighted by Gasteiger charge is -2.28. The van der Waals surface area contributed by atoms with E-state index in [1.807, 2.05) is 50.2 Å². The van der Waals surface area contributed by atoms with Crippen molar-refractivity contribution >= 4 is 17.5 Å². The average molecular weight is 346 g/mol. The number of hydrogen-bond donors (Lipinski definition) is 2. The first-order chi connectivity index (χ1) is 12.6. The lowest BCUT2D eigenvalue weighted by atomic mass is 9.96. The number of aryl methyl sites for hydroxylation is 1. The third-order valence-corrected chi connectivity index (χ3v) is 4.37. The molecule has 26 heavy (non-hydrogen) atoms. The molecule has 1 aliphatic rings. The first-order valence-corrected chi connectivity index (χ1v) is 8.29. The van der Waals surface area contributed by atoms with Crippen LogP contribution in [-0.2, 0) is 4.79 Å². The number of fused-ring (bicyclic) bond motifs is 1. The number of hydrogen-bond acceptors (Lipinski definition) is 5. The maximum Gasteiger partial charge on any atom is 0.255 e. The largest absolute Gasteiger partial charge is 0.328 e. The van der Waals surface area contributed by atoms with Crippen LogP contribution in [0.15, 0.2) is 66.4 Å². The molecular formula is C19H18N6O. The molecule has 130 valence electrons. The Kier molecular flexibility index (Phi) is 3.96. The molecule has 0 spiro atoms. The Morgan fingerprint density at radius 1 is 1.12 bits per heavy atom. The normalized spacial score (nSPS) is 16.0. The molecule has 2 N–H and O–H groups in total. The second kappa shape index (κ2) is 6.44. The topological polar surface area (TPSA) is 84.7 Å². The number of allylic oxidation sites excluding steroid dienone is 1. The van der Waals surface area contributed by atoms with E-state index >= 15 is 0 Å². The van der Waals surface area contributed by atoms with E-state index in [4.69, 9.17) is 0 Å². The summed E-state index contributed by atoms with van der Waals surface area (Å²) in [5.74, 6) is 0.429. The van der Waals surface area contributed by atoms with E-state index < -0.39 is 0 Å². The predicted molar refractivity (Wildman–Crippen MR) is 98.5 cm³/mol. The van der Waals surface area contributed by atoms with Gasteiger partial charge in [0.25, 0.3) is 5.91 Å². The molecule has 3 heterocycles. The van der Waals surface area contributed by atoms with Crippen LogP contribution in [0.4, 0.5) is 11.6 Å². The van der Waals surface area contributed by atoms with Crippen LogP contribution in [-0.4, -0.2) is 25.7 Å². The molecule has 7 heteroatoms. The maximum absolute atomic E-state index is 13.1. The molecule has 1 unspecified atom stereocenters. The van der Waals surface area contributed by atoms with Crippen molar-refractivity contribution in [3.8, 4) is 0 Å². The maximum atomic E-state index is 13.1. The van der Waals surface area contributed by atoms with Gasteiger partial charge in [-0.2, -0.15) is 10.1 Å². The zero-order valence-electron chi connectivity index (χ0n) is 14.5. The molecule has 0 radical (unpaired) electrons. The number of carbonyl (C=O) groups is 1. The van der Waals surface area contributed by atoms with Crippen molar-refractivity contribution in [2.45, 2.75) is 19.9 Å². The fourth-order valence-corrected chi connectivity index (χ4v) is 3.07. The van der Waals surface area contributed by atoms with E-state index in [1.54, 1.807) is 17.1 Å². The van der Waals surface area contributed by atoms with Crippen molar-refractivity contribution in [2.75, 3.05) is 10.6 Å². The molecule has 0 saturated heterocycles. The average Bonchev–Trinajstić information content (AvgIpc) is 3.11. The lowest BCUT2D eigenvalue weighted by molar-refractivity contribution is -0.113. The van der Waals surface area contributed by atoms with Gasteiger partial charge in [0.1, 0.15) is 12.4 Å². The van der Waals surface area contributed by atoms with Gasteiger partial charge in [-0.3, -0.25) is 9.78 Å². The molecule has 1 amide bonds. The third-order valence-electron chi connectivity index (χ3n) is 4.37. The minimum atomic E-state index is -0.373. The molecule has 0 aliphatic carbocycles. The standard InChI is InChI=1S/C19H18N6O/c1-12-3-5-15(6-4-12)24-18(26)16-13(2)23-19-21-11-22-25(19)17(16)14-7-9-20-10-8-14/h3-11,17H,1-2H3,(H,24,26)(H,21,22,23). The molecule has 7 nitrogen and oxygen atoms in total. The zero-order chi connectivity index (χ0) is 18.1. The Morgan fingerprint density at radius 3 is 2.58 bits per heavy atom. The van der Waals surface area contributed by atoms with Crippen LogP contribution in [0.5, 0.6) is 0 Å². The van der Waals surface area contributed by atoms with Crippen molar-refractivity contribution in [3.05, 3.63) is 77.5 Å². The Bertz CT molecular complexity index is 975. The molecule has 0 fully saturated rings. The summed E-state index contributed by atoms with van der Waals surface area (Å²) in [6, 6.07) is 11.1. The van der Waals surface area contributed by atoms with E-state index in [0.29, 0.717) is 11.5 Å². The van der Waals surface area contributed by atoms with Gasteiger partial charge in [0.05, 0.1) is 5.57 Å². The number of rotatable bonds is 3. The highest BCUT2D eigenvalue weighted by molar-refractivity contribution is 6.06. The van der Waals surface area contributed by atoms with Crippen LogP contribution in [0.25, 0.3) is 0 Å². The van der Waals surface area contributed by atoms with E-state index in [-0.39, 0.29) is 11.9 Å². The van der Waals surface area contributed by atoms with Crippen LogP contribution in [0, 0.1) is 6.92 Å². The smallest absolute Gasteiger partial charge is 0.255 e. The second-order valence-electron chi connectivity index (χ2n) is 6.20. The molecular weight excluding hydrogens is 328 g/mol. The molecule has 0 bridgehead atoms. The first-order valence-electron chi connectivity index (χ1n) is 8.29. The van der Waals surface area contributed by atoms with Crippen LogP contribution in [0.2, 0.25) is 0 Å². The van der Waals surface area contributed by atoms with Gasteiger partial charge >= 0.3 is 0 Å². The van der Waals surface area contributed by atoms with E-state index in [9.17, 15) is 4.79 Å². The summed E-state index contributed by atoms with van der Waals surface area (Å²) in [5.41, 5.74) is 4.15. The highest BCUT2D eigenvalue weighted by atomic mass is 16.1. The Balaban J connectivity index is 1.74. The summed E-state index contributed by atoms with van der Waals surface area (Å²) >= 11 is 0. The molecule has 1 atom stereocenters. The Labute approximate surface area is 150 Å². The SMILES string of the molecule is CC1=C(C(=O)Nc2ccc(C)cc2)C(c2ccncc2)n2ncnc2N1. The van der Waals surface area contributed by atoms with Gasteiger partial charge in [0.15, 0.2) is 0 Å². The van der Waals surface area contributed by atoms with Gasteiger partial charge in [-0.25, -0.2) is 4.68 Å². The second-order valence-corrected chi connectivity index (χ2v) is 6.20. The van der Waals surface area contributed by atoms with Crippen molar-refractivity contribution in [2.24, 2.45) is 0 Å². The number of pyridine rings is 1. The number of aromatic nitrogens is 4. The van der Waals surface area contributed by atoms with E-state index in [2.05, 4.69) is 25.7 Å². The van der Waals surface area contributed by atoms with Gasteiger partial charge in [0, 0.05) is 23.8 Å². The summed E-state index contributed by atoms with van der Waals surface area (Å²) in [4.78, 5) is 21.4.